The van der Waals surface area contributed by atoms with Gasteiger partial charge in [0.25, 0.3) is 11.6 Å². The summed E-state index contributed by atoms with van der Waals surface area (Å²) in [5, 5.41) is 16.6. The smallest absolute Gasteiger partial charge is 0.295 e. The molecule has 2 amide bonds. The van der Waals surface area contributed by atoms with E-state index >= 15 is 0 Å². The van der Waals surface area contributed by atoms with E-state index in [0.29, 0.717) is 6.07 Å². The number of hydrazone groups is 1. The highest BCUT2D eigenvalue weighted by molar-refractivity contribution is 6.43. The van der Waals surface area contributed by atoms with Gasteiger partial charge in [-0.25, -0.2) is 9.82 Å². The number of rotatable bonds is 3. The van der Waals surface area contributed by atoms with Crippen molar-refractivity contribution in [2.45, 2.75) is 12.8 Å². The van der Waals surface area contributed by atoms with Gasteiger partial charge in [0.2, 0.25) is 5.91 Å². The van der Waals surface area contributed by atoms with E-state index in [0.717, 1.165) is 12.1 Å². The zero-order valence-electron chi connectivity index (χ0n) is 10.1. The lowest BCUT2D eigenvalue weighted by atomic mass is 10.1. The van der Waals surface area contributed by atoms with Crippen molar-refractivity contribution >= 4 is 28.9 Å². The molecule has 0 bridgehead atoms. The minimum atomic E-state index is -0.802. The van der Waals surface area contributed by atoms with E-state index in [-0.39, 0.29) is 30.1 Å². The second kappa shape index (κ2) is 5.43. The summed E-state index contributed by atoms with van der Waals surface area (Å²) in [7, 11) is 0. The molecule has 1 heterocycles. The summed E-state index contributed by atoms with van der Waals surface area (Å²) < 4.78 is 13.0. The normalized spacial score (nSPS) is 14.2. The van der Waals surface area contributed by atoms with E-state index in [1.807, 2.05) is 0 Å². The molecule has 0 saturated carbocycles. The first-order chi connectivity index (χ1) is 9.47. The van der Waals surface area contributed by atoms with Crippen LogP contribution in [0.1, 0.15) is 12.8 Å². The maximum Gasteiger partial charge on any atom is 0.295 e. The van der Waals surface area contributed by atoms with E-state index in [1.165, 1.54) is 0 Å². The molecule has 8 nitrogen and oxygen atoms in total. The lowest BCUT2D eigenvalue weighted by molar-refractivity contribution is -0.384. The highest BCUT2D eigenvalue weighted by Gasteiger charge is 2.22. The molecule has 0 fully saturated rings. The zero-order valence-corrected chi connectivity index (χ0v) is 10.1. The SMILES string of the molecule is O=C1CCC(C(=O)Nc2ccc(F)cc2[N+](=O)[O-])=NN1. The number of hydrogen-bond acceptors (Lipinski definition) is 5. The summed E-state index contributed by atoms with van der Waals surface area (Å²) in [4.78, 5) is 32.7. The summed E-state index contributed by atoms with van der Waals surface area (Å²) in [5.41, 5.74) is 1.49. The summed E-state index contributed by atoms with van der Waals surface area (Å²) in [6.07, 6.45) is 0.240. The first-order valence-electron chi connectivity index (χ1n) is 5.58. The largest absolute Gasteiger partial charge is 0.315 e. The Kier molecular flexibility index (Phi) is 3.69. The number of nitrogens with one attached hydrogen (secondary N) is 2. The van der Waals surface area contributed by atoms with Crippen LogP contribution in [0.3, 0.4) is 0 Å². The summed E-state index contributed by atoms with van der Waals surface area (Å²) in [6.45, 7) is 0. The van der Waals surface area contributed by atoms with Crippen molar-refractivity contribution < 1.29 is 18.9 Å². The zero-order chi connectivity index (χ0) is 14.7. The van der Waals surface area contributed by atoms with E-state index in [9.17, 15) is 24.1 Å². The Morgan fingerprint density at radius 3 is 2.80 bits per heavy atom. The molecule has 0 spiro atoms. The third-order valence-corrected chi connectivity index (χ3v) is 2.57. The van der Waals surface area contributed by atoms with Crippen LogP contribution in [0.5, 0.6) is 0 Å². The van der Waals surface area contributed by atoms with Crippen molar-refractivity contribution in [3.8, 4) is 0 Å². The monoisotopic (exact) mass is 280 g/mol. The molecule has 0 saturated heterocycles. The van der Waals surface area contributed by atoms with Crippen LogP contribution in [0.25, 0.3) is 0 Å². The first kappa shape index (κ1) is 13.6. The highest BCUT2D eigenvalue weighted by atomic mass is 19.1. The molecule has 104 valence electrons. The van der Waals surface area contributed by atoms with Crippen LogP contribution in [0.15, 0.2) is 23.3 Å². The Balaban J connectivity index is 2.20. The van der Waals surface area contributed by atoms with Crippen LogP contribution in [0, 0.1) is 15.9 Å². The number of nitrogens with zero attached hydrogens (tertiary/aromatic N) is 2. The second-order valence-electron chi connectivity index (χ2n) is 3.97. The maximum absolute atomic E-state index is 13.0. The summed E-state index contributed by atoms with van der Waals surface area (Å²) in [5.74, 6) is -1.77. The molecule has 20 heavy (non-hydrogen) atoms. The Hall–Kier alpha value is -2.84. The number of nitro benzene ring substituents is 1. The van der Waals surface area contributed by atoms with Gasteiger partial charge in [-0.3, -0.25) is 19.7 Å². The molecule has 0 aromatic heterocycles. The molecule has 2 rings (SSSR count). The number of amides is 2. The van der Waals surface area contributed by atoms with Crippen LogP contribution in [-0.2, 0) is 9.59 Å². The molecule has 2 N–H and O–H groups in total. The van der Waals surface area contributed by atoms with E-state index < -0.39 is 22.3 Å². The van der Waals surface area contributed by atoms with Gasteiger partial charge in [-0.15, -0.1) is 0 Å². The average Bonchev–Trinajstić information content (AvgIpc) is 2.41. The molecular formula is C11H9FN4O4. The Labute approximate surface area is 111 Å². The number of nitro groups is 1. The van der Waals surface area contributed by atoms with E-state index in [2.05, 4.69) is 15.8 Å². The molecule has 0 unspecified atom stereocenters. The quantitative estimate of drug-likeness (QED) is 0.633. The number of benzene rings is 1. The van der Waals surface area contributed by atoms with Gasteiger partial charge in [-0.2, -0.15) is 5.10 Å². The van der Waals surface area contributed by atoms with Gasteiger partial charge in [0.1, 0.15) is 17.2 Å². The number of halogens is 1. The van der Waals surface area contributed by atoms with Crippen LogP contribution in [0.4, 0.5) is 15.8 Å². The van der Waals surface area contributed by atoms with Crippen molar-refractivity contribution in [3.63, 3.8) is 0 Å². The van der Waals surface area contributed by atoms with Gasteiger partial charge in [0.05, 0.1) is 11.0 Å². The van der Waals surface area contributed by atoms with Crippen molar-refractivity contribution in [2.75, 3.05) is 5.32 Å². The van der Waals surface area contributed by atoms with Crippen LogP contribution in [-0.4, -0.2) is 22.4 Å². The van der Waals surface area contributed by atoms with Gasteiger partial charge >= 0.3 is 0 Å². The maximum atomic E-state index is 13.0. The van der Waals surface area contributed by atoms with Crippen molar-refractivity contribution in [2.24, 2.45) is 5.10 Å². The van der Waals surface area contributed by atoms with Crippen LogP contribution >= 0.6 is 0 Å². The number of carbonyl (C=O) groups excluding carboxylic acids is 2. The molecule has 1 aliphatic heterocycles. The van der Waals surface area contributed by atoms with Crippen molar-refractivity contribution in [3.05, 3.63) is 34.1 Å². The summed E-state index contributed by atoms with van der Waals surface area (Å²) in [6, 6.07) is 2.79. The third-order valence-electron chi connectivity index (χ3n) is 2.57. The minimum absolute atomic E-state index is 0.0447. The molecule has 1 aliphatic rings. The van der Waals surface area contributed by atoms with Crippen LogP contribution < -0.4 is 10.7 Å². The van der Waals surface area contributed by atoms with Gasteiger partial charge in [0.15, 0.2) is 0 Å². The van der Waals surface area contributed by atoms with Gasteiger partial charge in [0, 0.05) is 12.8 Å². The predicted octanol–water partition coefficient (Wildman–Crippen LogP) is 0.938. The van der Waals surface area contributed by atoms with Gasteiger partial charge < -0.3 is 5.32 Å². The molecule has 0 aliphatic carbocycles. The summed E-state index contributed by atoms with van der Waals surface area (Å²) >= 11 is 0. The highest BCUT2D eigenvalue weighted by Crippen LogP contribution is 2.25. The number of anilines is 1. The molecular weight excluding hydrogens is 271 g/mol. The predicted molar refractivity (Wildman–Crippen MR) is 66.5 cm³/mol. The lowest BCUT2D eigenvalue weighted by Gasteiger charge is -2.12. The fourth-order valence-corrected chi connectivity index (χ4v) is 1.59. The van der Waals surface area contributed by atoms with E-state index in [1.54, 1.807) is 0 Å². The minimum Gasteiger partial charge on any atom is -0.315 e. The first-order valence-corrected chi connectivity index (χ1v) is 5.58. The van der Waals surface area contributed by atoms with Gasteiger partial charge in [-0.05, 0) is 12.1 Å². The number of carbonyl (C=O) groups is 2. The fraction of sp³-hybridized carbons (Fsp3) is 0.182. The number of hydrogen-bond donors (Lipinski definition) is 2. The molecule has 1 aromatic rings. The molecule has 9 heteroatoms. The molecule has 0 atom stereocenters. The third kappa shape index (κ3) is 2.94. The molecule has 1 aromatic carbocycles. The average molecular weight is 280 g/mol. The second-order valence-corrected chi connectivity index (χ2v) is 3.97. The topological polar surface area (TPSA) is 114 Å². The van der Waals surface area contributed by atoms with Crippen molar-refractivity contribution in [1.82, 2.24) is 5.43 Å². The lowest BCUT2D eigenvalue weighted by Crippen LogP contribution is -2.32. The fourth-order valence-electron chi connectivity index (χ4n) is 1.59. The Morgan fingerprint density at radius 2 is 2.20 bits per heavy atom. The van der Waals surface area contributed by atoms with Gasteiger partial charge in [-0.1, -0.05) is 0 Å². The van der Waals surface area contributed by atoms with Crippen molar-refractivity contribution in [1.29, 1.82) is 0 Å². The Morgan fingerprint density at radius 1 is 1.45 bits per heavy atom. The standard InChI is InChI=1S/C11H9FN4O4/c12-6-1-2-7(9(5-6)16(19)20)13-11(18)8-3-4-10(17)15-14-8/h1-2,5H,3-4H2,(H,13,18)(H,15,17). The van der Waals surface area contributed by atoms with Crippen LogP contribution in [0.2, 0.25) is 0 Å². The Bertz CT molecular complexity index is 629. The van der Waals surface area contributed by atoms with E-state index in [4.69, 9.17) is 0 Å². The molecule has 0 radical (unpaired) electrons.